The van der Waals surface area contributed by atoms with Crippen LogP contribution in [0, 0.1) is 0 Å². The monoisotopic (exact) mass is 321 g/mol. The first-order valence-corrected chi connectivity index (χ1v) is 6.91. The summed E-state index contributed by atoms with van der Waals surface area (Å²) in [7, 11) is 1.66. The molecule has 0 aromatic heterocycles. The molecule has 0 heterocycles. The molecule has 0 fully saturated rings. The summed E-state index contributed by atoms with van der Waals surface area (Å²) in [5, 5.41) is 5.13. The minimum Gasteiger partial charge on any atom is -0.496 e. The second-order valence-corrected chi connectivity index (χ2v) is 5.12. The molecule has 0 spiro atoms. The lowest BCUT2D eigenvalue weighted by molar-refractivity contribution is -0.118. The highest BCUT2D eigenvalue weighted by Gasteiger charge is 2.09. The molecule has 0 atom stereocenters. The van der Waals surface area contributed by atoms with Crippen molar-refractivity contribution in [3.05, 3.63) is 40.4 Å². The summed E-state index contributed by atoms with van der Waals surface area (Å²) >= 11 is 3.60. The molecule has 0 radical (unpaired) electrons. The van der Waals surface area contributed by atoms with Crippen molar-refractivity contribution in [2.45, 2.75) is 13.3 Å². The lowest BCUT2D eigenvalue weighted by atomic mass is 10.0. The number of hydrogen-bond acceptors (Lipinski definition) is 2. The van der Waals surface area contributed by atoms with Gasteiger partial charge < -0.3 is 10.1 Å². The molecule has 0 saturated carbocycles. The number of hydrogen-bond donors (Lipinski definition) is 1. The van der Waals surface area contributed by atoms with Crippen molar-refractivity contribution in [2.24, 2.45) is 0 Å². The number of halogens is 1. The van der Waals surface area contributed by atoms with Crippen LogP contribution in [0.25, 0.3) is 10.8 Å². The summed E-state index contributed by atoms with van der Waals surface area (Å²) in [5.41, 5.74) is 1.19. The van der Waals surface area contributed by atoms with Gasteiger partial charge in [-0.25, -0.2) is 0 Å². The largest absolute Gasteiger partial charge is 0.496 e. The summed E-state index contributed by atoms with van der Waals surface area (Å²) < 4.78 is 6.30. The number of benzene rings is 2. The third-order valence-corrected chi connectivity index (χ3v) is 3.81. The van der Waals surface area contributed by atoms with E-state index in [0.29, 0.717) is 6.54 Å². The van der Waals surface area contributed by atoms with E-state index in [9.17, 15) is 4.79 Å². The maximum Gasteiger partial charge on any atom is 0.216 e. The van der Waals surface area contributed by atoms with Crippen molar-refractivity contribution in [2.75, 3.05) is 13.7 Å². The molecular formula is C15H16BrNO2. The zero-order chi connectivity index (χ0) is 13.8. The van der Waals surface area contributed by atoms with Gasteiger partial charge in [0, 0.05) is 18.9 Å². The minimum atomic E-state index is -0.00289. The molecule has 100 valence electrons. The number of nitrogens with one attached hydrogen (secondary N) is 1. The van der Waals surface area contributed by atoms with Crippen LogP contribution in [0.2, 0.25) is 0 Å². The predicted octanol–water partition coefficient (Wildman–Crippen LogP) is 3.29. The molecule has 3 nitrogen and oxygen atoms in total. The van der Waals surface area contributed by atoms with E-state index in [1.54, 1.807) is 7.11 Å². The van der Waals surface area contributed by atoms with E-state index in [1.807, 2.05) is 18.2 Å². The molecule has 2 aromatic rings. The molecule has 0 bridgehead atoms. The third kappa shape index (κ3) is 3.07. The van der Waals surface area contributed by atoms with Gasteiger partial charge in [0.1, 0.15) is 5.75 Å². The second kappa shape index (κ2) is 6.06. The van der Waals surface area contributed by atoms with Crippen LogP contribution in [0.3, 0.4) is 0 Å². The van der Waals surface area contributed by atoms with Crippen LogP contribution in [0.4, 0.5) is 0 Å². The van der Waals surface area contributed by atoms with E-state index < -0.39 is 0 Å². The van der Waals surface area contributed by atoms with Gasteiger partial charge in [0.2, 0.25) is 5.91 Å². The van der Waals surface area contributed by atoms with Crippen molar-refractivity contribution >= 4 is 32.6 Å². The van der Waals surface area contributed by atoms with Gasteiger partial charge in [-0.2, -0.15) is 0 Å². The Labute approximate surface area is 121 Å². The Balaban J connectivity index is 2.40. The number of amides is 1. The third-order valence-electron chi connectivity index (χ3n) is 3.02. The maximum absolute atomic E-state index is 10.9. The molecule has 1 N–H and O–H groups in total. The number of rotatable bonds is 4. The van der Waals surface area contributed by atoms with E-state index in [-0.39, 0.29) is 5.91 Å². The molecule has 4 heteroatoms. The fraction of sp³-hybridized carbons (Fsp3) is 0.267. The SMILES string of the molecule is COc1ccc2cccc(CCNC(C)=O)c2c1Br. The maximum atomic E-state index is 10.9. The van der Waals surface area contributed by atoms with Crippen molar-refractivity contribution in [1.82, 2.24) is 5.32 Å². The Hall–Kier alpha value is -1.55. The zero-order valence-corrected chi connectivity index (χ0v) is 12.6. The average Bonchev–Trinajstić information content (AvgIpc) is 2.39. The van der Waals surface area contributed by atoms with Gasteiger partial charge in [0.05, 0.1) is 11.6 Å². The molecule has 0 aliphatic rings. The number of methoxy groups -OCH3 is 1. The Morgan fingerprint density at radius 1 is 1.32 bits per heavy atom. The first-order valence-electron chi connectivity index (χ1n) is 6.12. The molecule has 2 rings (SSSR count). The first kappa shape index (κ1) is 13.9. The summed E-state index contributed by atoms with van der Waals surface area (Å²) in [6.07, 6.45) is 0.794. The van der Waals surface area contributed by atoms with Gasteiger partial charge >= 0.3 is 0 Å². The Bertz CT molecular complexity index is 610. The fourth-order valence-corrected chi connectivity index (χ4v) is 2.91. The summed E-state index contributed by atoms with van der Waals surface area (Å²) in [6.45, 7) is 2.17. The number of fused-ring (bicyclic) bond motifs is 1. The van der Waals surface area contributed by atoms with E-state index in [1.165, 1.54) is 12.5 Å². The summed E-state index contributed by atoms with van der Waals surface area (Å²) in [5.74, 6) is 0.816. The Morgan fingerprint density at radius 3 is 2.79 bits per heavy atom. The Kier molecular flexibility index (Phi) is 4.43. The van der Waals surface area contributed by atoms with Gasteiger partial charge in [0.25, 0.3) is 0 Å². The second-order valence-electron chi connectivity index (χ2n) is 4.33. The fourth-order valence-electron chi connectivity index (χ4n) is 2.13. The number of carbonyl (C=O) groups is 1. The zero-order valence-electron chi connectivity index (χ0n) is 11.0. The molecule has 2 aromatic carbocycles. The smallest absolute Gasteiger partial charge is 0.216 e. The molecule has 19 heavy (non-hydrogen) atoms. The van der Waals surface area contributed by atoms with Gasteiger partial charge in [-0.3, -0.25) is 4.79 Å². The molecule has 1 amide bonds. The van der Waals surface area contributed by atoms with Crippen LogP contribution < -0.4 is 10.1 Å². The molecule has 0 unspecified atom stereocenters. The minimum absolute atomic E-state index is 0.00289. The highest BCUT2D eigenvalue weighted by atomic mass is 79.9. The van der Waals surface area contributed by atoms with E-state index in [4.69, 9.17) is 4.74 Å². The standard InChI is InChI=1S/C15H16BrNO2/c1-10(18)17-9-8-12-5-3-4-11-6-7-13(19-2)15(16)14(11)12/h3-7H,8-9H2,1-2H3,(H,17,18). The molecular weight excluding hydrogens is 306 g/mol. The first-order chi connectivity index (χ1) is 9.13. The van der Waals surface area contributed by atoms with Crippen LogP contribution >= 0.6 is 15.9 Å². The Morgan fingerprint density at radius 2 is 2.11 bits per heavy atom. The van der Waals surface area contributed by atoms with E-state index in [2.05, 4.69) is 33.4 Å². The highest BCUT2D eigenvalue weighted by Crippen LogP contribution is 2.35. The van der Waals surface area contributed by atoms with Gasteiger partial charge in [-0.05, 0) is 39.4 Å². The normalized spacial score (nSPS) is 10.5. The van der Waals surface area contributed by atoms with Crippen molar-refractivity contribution in [3.63, 3.8) is 0 Å². The van der Waals surface area contributed by atoms with Gasteiger partial charge in [-0.15, -0.1) is 0 Å². The average molecular weight is 322 g/mol. The van der Waals surface area contributed by atoms with Crippen LogP contribution in [-0.4, -0.2) is 19.6 Å². The van der Waals surface area contributed by atoms with Crippen LogP contribution in [0.15, 0.2) is 34.8 Å². The summed E-state index contributed by atoms with van der Waals surface area (Å²) in [4.78, 5) is 10.9. The number of ether oxygens (including phenoxy) is 1. The quantitative estimate of drug-likeness (QED) is 0.938. The van der Waals surface area contributed by atoms with Crippen LogP contribution in [-0.2, 0) is 11.2 Å². The van der Waals surface area contributed by atoms with Crippen molar-refractivity contribution in [1.29, 1.82) is 0 Å². The van der Waals surface area contributed by atoms with E-state index in [0.717, 1.165) is 27.4 Å². The van der Waals surface area contributed by atoms with Crippen LogP contribution in [0.5, 0.6) is 5.75 Å². The topological polar surface area (TPSA) is 38.3 Å². The summed E-state index contributed by atoms with van der Waals surface area (Å²) in [6, 6.07) is 10.2. The van der Waals surface area contributed by atoms with Crippen molar-refractivity contribution in [3.8, 4) is 5.75 Å². The van der Waals surface area contributed by atoms with Crippen molar-refractivity contribution < 1.29 is 9.53 Å². The molecule has 0 aliphatic carbocycles. The highest BCUT2D eigenvalue weighted by molar-refractivity contribution is 9.10. The molecule has 0 aliphatic heterocycles. The predicted molar refractivity (Wildman–Crippen MR) is 80.6 cm³/mol. The van der Waals surface area contributed by atoms with Crippen LogP contribution in [0.1, 0.15) is 12.5 Å². The number of carbonyl (C=O) groups excluding carboxylic acids is 1. The van der Waals surface area contributed by atoms with Gasteiger partial charge in [-0.1, -0.05) is 24.3 Å². The lowest BCUT2D eigenvalue weighted by Crippen LogP contribution is -2.22. The van der Waals surface area contributed by atoms with E-state index >= 15 is 0 Å². The van der Waals surface area contributed by atoms with Gasteiger partial charge in [0.15, 0.2) is 0 Å². The molecule has 0 saturated heterocycles. The lowest BCUT2D eigenvalue weighted by Gasteiger charge is -2.11.